The summed E-state index contributed by atoms with van der Waals surface area (Å²) < 4.78 is 40.8. The standard InChI is InChI=1S/C19H16ClF3N2O2/c1-2-12-6-8-13(9-7-12)16-11-18(27,19(21,22)23)25(24-16)17(26)14-4-3-5-15(20)10-14/h3-10,27H,2,11H2,1H3/t18-/m1/s1. The average Bonchev–Trinajstić information content (AvgIpc) is 3.00. The van der Waals surface area contributed by atoms with E-state index in [4.69, 9.17) is 11.6 Å². The Kier molecular flexibility index (Phi) is 5.01. The van der Waals surface area contributed by atoms with Gasteiger partial charge in [-0.05, 0) is 35.7 Å². The van der Waals surface area contributed by atoms with Gasteiger partial charge in [-0.15, -0.1) is 0 Å². The zero-order valence-corrected chi connectivity index (χ0v) is 15.1. The van der Waals surface area contributed by atoms with Crippen LogP contribution in [0.25, 0.3) is 0 Å². The van der Waals surface area contributed by atoms with Crippen LogP contribution in [0.3, 0.4) is 0 Å². The summed E-state index contributed by atoms with van der Waals surface area (Å²) in [6.07, 6.45) is -5.16. The van der Waals surface area contributed by atoms with E-state index >= 15 is 0 Å². The molecule has 2 aromatic rings. The van der Waals surface area contributed by atoms with E-state index in [0.717, 1.165) is 12.0 Å². The second-order valence-electron chi connectivity index (χ2n) is 6.22. The van der Waals surface area contributed by atoms with Crippen molar-refractivity contribution < 1.29 is 23.1 Å². The lowest BCUT2D eigenvalue weighted by atomic mass is 9.99. The predicted molar refractivity (Wildman–Crippen MR) is 95.6 cm³/mol. The lowest BCUT2D eigenvalue weighted by Gasteiger charge is -2.32. The quantitative estimate of drug-likeness (QED) is 0.835. The van der Waals surface area contributed by atoms with Crippen molar-refractivity contribution in [1.29, 1.82) is 0 Å². The number of carbonyl (C=O) groups excluding carboxylic acids is 1. The molecule has 0 aromatic heterocycles. The third kappa shape index (κ3) is 3.57. The fourth-order valence-corrected chi connectivity index (χ4v) is 3.01. The van der Waals surface area contributed by atoms with Crippen LogP contribution in [-0.2, 0) is 6.42 Å². The Morgan fingerprint density at radius 1 is 1.26 bits per heavy atom. The van der Waals surface area contributed by atoms with Crippen LogP contribution in [0.1, 0.15) is 34.8 Å². The number of benzene rings is 2. The number of hydrogen-bond acceptors (Lipinski definition) is 3. The van der Waals surface area contributed by atoms with Crippen molar-refractivity contribution in [2.45, 2.75) is 31.7 Å². The Morgan fingerprint density at radius 3 is 2.48 bits per heavy atom. The SMILES string of the molecule is CCc1ccc(C2=NN(C(=O)c3cccc(Cl)c3)[C@](O)(C(F)(F)F)C2)cc1. The molecule has 0 saturated carbocycles. The fourth-order valence-electron chi connectivity index (χ4n) is 2.82. The van der Waals surface area contributed by atoms with Gasteiger partial charge in [0.1, 0.15) is 0 Å². The zero-order valence-electron chi connectivity index (χ0n) is 14.3. The van der Waals surface area contributed by atoms with Gasteiger partial charge in [0.2, 0.25) is 0 Å². The van der Waals surface area contributed by atoms with E-state index in [9.17, 15) is 23.1 Å². The maximum Gasteiger partial charge on any atom is 0.438 e. The molecular formula is C19H16ClF3N2O2. The van der Waals surface area contributed by atoms with Crippen molar-refractivity contribution in [2.75, 3.05) is 0 Å². The third-order valence-corrected chi connectivity index (χ3v) is 4.63. The van der Waals surface area contributed by atoms with Crippen LogP contribution in [0.5, 0.6) is 0 Å². The first-order valence-electron chi connectivity index (χ1n) is 8.21. The normalized spacial score (nSPS) is 19.9. The molecule has 1 aliphatic heterocycles. The fraction of sp³-hybridized carbons (Fsp3) is 0.263. The Labute approximate surface area is 158 Å². The van der Waals surface area contributed by atoms with Crippen molar-refractivity contribution in [3.8, 4) is 0 Å². The van der Waals surface area contributed by atoms with Gasteiger partial charge in [-0.25, -0.2) is 0 Å². The van der Waals surface area contributed by atoms with E-state index < -0.39 is 24.2 Å². The summed E-state index contributed by atoms with van der Waals surface area (Å²) in [5.74, 6) is -1.09. The van der Waals surface area contributed by atoms with Crippen molar-refractivity contribution in [3.05, 3.63) is 70.2 Å². The highest BCUT2D eigenvalue weighted by Gasteiger charge is 2.63. The van der Waals surface area contributed by atoms with Gasteiger partial charge in [-0.3, -0.25) is 4.79 Å². The minimum absolute atomic E-state index is 0.0205. The molecule has 4 nitrogen and oxygen atoms in total. The zero-order chi connectivity index (χ0) is 19.8. The molecule has 0 spiro atoms. The monoisotopic (exact) mass is 396 g/mol. The van der Waals surface area contributed by atoms with Gasteiger partial charge in [0.15, 0.2) is 0 Å². The largest absolute Gasteiger partial charge is 0.438 e. The second-order valence-corrected chi connectivity index (χ2v) is 6.65. The van der Waals surface area contributed by atoms with E-state index in [1.165, 1.54) is 24.3 Å². The van der Waals surface area contributed by atoms with Crippen LogP contribution in [-0.4, -0.2) is 33.6 Å². The van der Waals surface area contributed by atoms with E-state index in [1.54, 1.807) is 24.3 Å². The van der Waals surface area contributed by atoms with Gasteiger partial charge in [0.25, 0.3) is 11.6 Å². The van der Waals surface area contributed by atoms with Crippen molar-refractivity contribution in [3.63, 3.8) is 0 Å². The average molecular weight is 397 g/mol. The van der Waals surface area contributed by atoms with Crippen molar-refractivity contribution in [1.82, 2.24) is 5.01 Å². The number of halogens is 4. The molecule has 2 aromatic carbocycles. The Bertz CT molecular complexity index is 897. The molecule has 1 atom stereocenters. The summed E-state index contributed by atoms with van der Waals surface area (Å²) in [5.41, 5.74) is -2.12. The van der Waals surface area contributed by atoms with Crippen molar-refractivity contribution >= 4 is 23.2 Å². The van der Waals surface area contributed by atoms with Gasteiger partial charge in [-0.2, -0.15) is 23.3 Å². The number of nitrogens with zero attached hydrogens (tertiary/aromatic N) is 2. The number of hydrogen-bond donors (Lipinski definition) is 1. The number of aliphatic hydroxyl groups is 1. The Hall–Kier alpha value is -2.38. The topological polar surface area (TPSA) is 52.9 Å². The number of aryl methyl sites for hydroxylation is 1. The van der Waals surface area contributed by atoms with Crippen molar-refractivity contribution in [2.24, 2.45) is 5.10 Å². The second kappa shape index (κ2) is 6.98. The number of carbonyl (C=O) groups is 1. The smallest absolute Gasteiger partial charge is 0.362 e. The van der Waals surface area contributed by atoms with Crippen LogP contribution in [0.15, 0.2) is 53.6 Å². The molecule has 0 radical (unpaired) electrons. The Morgan fingerprint density at radius 2 is 1.93 bits per heavy atom. The summed E-state index contributed by atoms with van der Waals surface area (Å²) in [6, 6.07) is 12.3. The van der Waals surface area contributed by atoms with E-state index in [0.29, 0.717) is 5.56 Å². The van der Waals surface area contributed by atoms with Crippen LogP contribution in [0.2, 0.25) is 5.02 Å². The molecule has 0 saturated heterocycles. The first-order valence-corrected chi connectivity index (χ1v) is 8.59. The van der Waals surface area contributed by atoms with Gasteiger partial charge in [-0.1, -0.05) is 48.9 Å². The molecule has 142 valence electrons. The maximum atomic E-state index is 13.6. The number of alkyl halides is 3. The lowest BCUT2D eigenvalue weighted by Crippen LogP contribution is -2.56. The molecular weight excluding hydrogens is 381 g/mol. The first-order chi connectivity index (χ1) is 12.7. The molecule has 3 rings (SSSR count). The minimum Gasteiger partial charge on any atom is -0.362 e. The molecule has 0 fully saturated rings. The van der Waals surface area contributed by atoms with E-state index in [1.807, 2.05) is 6.92 Å². The molecule has 1 amide bonds. The van der Waals surface area contributed by atoms with Gasteiger partial charge in [0, 0.05) is 10.6 Å². The molecule has 8 heteroatoms. The lowest BCUT2D eigenvalue weighted by molar-refractivity contribution is -0.297. The van der Waals surface area contributed by atoms with Gasteiger partial charge >= 0.3 is 6.18 Å². The minimum atomic E-state index is -5.09. The summed E-state index contributed by atoms with van der Waals surface area (Å²) in [7, 11) is 0. The van der Waals surface area contributed by atoms with Gasteiger partial charge < -0.3 is 5.11 Å². The number of rotatable bonds is 3. The predicted octanol–water partition coefficient (Wildman–Crippen LogP) is 4.40. The summed E-state index contributed by atoms with van der Waals surface area (Å²) in [4.78, 5) is 12.6. The highest BCUT2D eigenvalue weighted by atomic mass is 35.5. The number of hydrazone groups is 1. The van der Waals surface area contributed by atoms with Crippen LogP contribution in [0, 0.1) is 0 Å². The van der Waals surface area contributed by atoms with Crippen LogP contribution < -0.4 is 0 Å². The highest BCUT2D eigenvalue weighted by Crippen LogP contribution is 2.42. The molecule has 27 heavy (non-hydrogen) atoms. The summed E-state index contributed by atoms with van der Waals surface area (Å²) in [5, 5.41) is 14.5. The molecule has 0 bridgehead atoms. The number of amides is 1. The molecule has 1 heterocycles. The molecule has 0 unspecified atom stereocenters. The Balaban J connectivity index is 2.03. The van der Waals surface area contributed by atoms with Crippen LogP contribution >= 0.6 is 11.6 Å². The molecule has 1 N–H and O–H groups in total. The third-order valence-electron chi connectivity index (χ3n) is 4.40. The van der Waals surface area contributed by atoms with Crippen LogP contribution in [0.4, 0.5) is 13.2 Å². The molecule has 0 aliphatic carbocycles. The van der Waals surface area contributed by atoms with Gasteiger partial charge in [0.05, 0.1) is 12.1 Å². The highest BCUT2D eigenvalue weighted by molar-refractivity contribution is 6.31. The van der Waals surface area contributed by atoms with E-state index in [-0.39, 0.29) is 21.3 Å². The first kappa shape index (κ1) is 19.4. The molecule has 1 aliphatic rings. The summed E-state index contributed by atoms with van der Waals surface area (Å²) >= 11 is 5.82. The maximum absolute atomic E-state index is 13.6. The van der Waals surface area contributed by atoms with E-state index in [2.05, 4.69) is 5.10 Å². The summed E-state index contributed by atoms with van der Waals surface area (Å²) in [6.45, 7) is 1.95.